The standard InChI is InChI=1S/C15H15N5O2/c1-8-10(5-6-11(18-8)22-4)12-13-14(17-7-16-12)20(3)15(21)9(2)19-13/h5-7H,1-4H3. The van der Waals surface area contributed by atoms with E-state index in [0.29, 0.717) is 28.4 Å². The zero-order chi connectivity index (χ0) is 15.9. The molecule has 3 heterocycles. The van der Waals surface area contributed by atoms with Crippen molar-refractivity contribution in [1.82, 2.24) is 24.5 Å². The Balaban J connectivity index is 2.35. The fraction of sp³-hybridized carbons (Fsp3) is 0.267. The molecule has 22 heavy (non-hydrogen) atoms. The van der Waals surface area contributed by atoms with Crippen LogP contribution < -0.4 is 10.3 Å². The molecule has 3 aromatic heterocycles. The summed E-state index contributed by atoms with van der Waals surface area (Å²) >= 11 is 0. The molecular weight excluding hydrogens is 282 g/mol. The minimum Gasteiger partial charge on any atom is -0.481 e. The molecule has 0 radical (unpaired) electrons. The van der Waals surface area contributed by atoms with E-state index in [2.05, 4.69) is 19.9 Å². The average molecular weight is 297 g/mol. The normalized spacial score (nSPS) is 10.9. The molecule has 0 aliphatic heterocycles. The number of rotatable bonds is 2. The topological polar surface area (TPSA) is 82.8 Å². The Morgan fingerprint density at radius 3 is 2.55 bits per heavy atom. The van der Waals surface area contributed by atoms with E-state index in [9.17, 15) is 4.79 Å². The molecule has 0 atom stereocenters. The lowest BCUT2D eigenvalue weighted by atomic mass is 10.1. The van der Waals surface area contributed by atoms with Gasteiger partial charge in [-0.05, 0) is 19.9 Å². The van der Waals surface area contributed by atoms with Gasteiger partial charge < -0.3 is 4.74 Å². The Morgan fingerprint density at radius 1 is 1.09 bits per heavy atom. The zero-order valence-corrected chi connectivity index (χ0v) is 12.8. The van der Waals surface area contributed by atoms with Crippen molar-refractivity contribution in [2.45, 2.75) is 13.8 Å². The first-order valence-corrected chi connectivity index (χ1v) is 6.73. The van der Waals surface area contributed by atoms with Crippen molar-refractivity contribution in [3.63, 3.8) is 0 Å². The van der Waals surface area contributed by atoms with Gasteiger partial charge in [-0.15, -0.1) is 0 Å². The van der Waals surface area contributed by atoms with Crippen LogP contribution in [-0.4, -0.2) is 31.6 Å². The number of nitrogens with zero attached hydrogens (tertiary/aromatic N) is 5. The van der Waals surface area contributed by atoms with Crippen LogP contribution in [0.4, 0.5) is 0 Å². The van der Waals surface area contributed by atoms with Crippen molar-refractivity contribution in [2.75, 3.05) is 7.11 Å². The quantitative estimate of drug-likeness (QED) is 0.711. The third kappa shape index (κ3) is 2.11. The summed E-state index contributed by atoms with van der Waals surface area (Å²) in [7, 11) is 3.25. The van der Waals surface area contributed by atoms with Gasteiger partial charge in [-0.1, -0.05) is 0 Å². The second kappa shape index (κ2) is 5.18. The number of methoxy groups -OCH3 is 1. The molecule has 0 aromatic carbocycles. The van der Waals surface area contributed by atoms with Gasteiger partial charge in [0.1, 0.15) is 23.2 Å². The van der Waals surface area contributed by atoms with Crippen molar-refractivity contribution >= 4 is 11.2 Å². The fourth-order valence-electron chi connectivity index (χ4n) is 2.37. The summed E-state index contributed by atoms with van der Waals surface area (Å²) < 4.78 is 6.60. The molecule has 0 aliphatic carbocycles. The van der Waals surface area contributed by atoms with Crippen molar-refractivity contribution in [1.29, 1.82) is 0 Å². The molecule has 0 saturated carbocycles. The molecule has 7 heteroatoms. The fourth-order valence-corrected chi connectivity index (χ4v) is 2.37. The molecule has 0 saturated heterocycles. The maximum Gasteiger partial charge on any atom is 0.273 e. The van der Waals surface area contributed by atoms with E-state index in [1.165, 1.54) is 10.9 Å². The Bertz CT molecular complexity index is 933. The molecule has 0 fully saturated rings. The molecule has 0 amide bonds. The van der Waals surface area contributed by atoms with Crippen LogP contribution in [0.3, 0.4) is 0 Å². The van der Waals surface area contributed by atoms with Gasteiger partial charge >= 0.3 is 0 Å². The smallest absolute Gasteiger partial charge is 0.273 e. The van der Waals surface area contributed by atoms with E-state index in [0.717, 1.165) is 11.3 Å². The van der Waals surface area contributed by atoms with Crippen LogP contribution in [0.25, 0.3) is 22.4 Å². The van der Waals surface area contributed by atoms with E-state index >= 15 is 0 Å². The van der Waals surface area contributed by atoms with E-state index in [4.69, 9.17) is 4.74 Å². The van der Waals surface area contributed by atoms with E-state index < -0.39 is 0 Å². The molecule has 0 unspecified atom stereocenters. The molecule has 0 bridgehead atoms. The third-order valence-corrected chi connectivity index (χ3v) is 3.54. The van der Waals surface area contributed by atoms with Crippen LogP contribution in [-0.2, 0) is 7.05 Å². The van der Waals surface area contributed by atoms with Crippen LogP contribution in [0.5, 0.6) is 5.88 Å². The first kappa shape index (κ1) is 14.1. The lowest BCUT2D eigenvalue weighted by molar-refractivity contribution is 0.397. The highest BCUT2D eigenvalue weighted by Gasteiger charge is 2.15. The van der Waals surface area contributed by atoms with Crippen LogP contribution >= 0.6 is 0 Å². The van der Waals surface area contributed by atoms with Gasteiger partial charge in [0.05, 0.1) is 12.8 Å². The maximum atomic E-state index is 12.0. The van der Waals surface area contributed by atoms with Gasteiger partial charge in [0.2, 0.25) is 5.88 Å². The van der Waals surface area contributed by atoms with Gasteiger partial charge in [0.15, 0.2) is 5.65 Å². The van der Waals surface area contributed by atoms with Crippen molar-refractivity contribution in [3.8, 4) is 17.1 Å². The third-order valence-electron chi connectivity index (χ3n) is 3.54. The van der Waals surface area contributed by atoms with E-state index in [1.807, 2.05) is 13.0 Å². The summed E-state index contributed by atoms with van der Waals surface area (Å²) in [5, 5.41) is 0. The second-order valence-electron chi connectivity index (χ2n) is 4.94. The number of hydrogen-bond acceptors (Lipinski definition) is 6. The number of hydrogen-bond donors (Lipinski definition) is 0. The summed E-state index contributed by atoms with van der Waals surface area (Å²) in [5.74, 6) is 0.538. The van der Waals surface area contributed by atoms with E-state index in [-0.39, 0.29) is 5.56 Å². The SMILES string of the molecule is COc1ccc(-c2ncnc3c2nc(C)c(=O)n3C)c(C)n1. The van der Waals surface area contributed by atoms with Crippen molar-refractivity contribution in [2.24, 2.45) is 7.05 Å². The predicted molar refractivity (Wildman–Crippen MR) is 81.8 cm³/mol. The monoisotopic (exact) mass is 297 g/mol. The summed E-state index contributed by atoms with van der Waals surface area (Å²) in [6.45, 7) is 3.55. The Hall–Kier alpha value is -2.83. The van der Waals surface area contributed by atoms with Crippen LogP contribution in [0.1, 0.15) is 11.4 Å². The molecule has 3 aromatic rings. The lowest BCUT2D eigenvalue weighted by Crippen LogP contribution is -2.22. The minimum atomic E-state index is -0.165. The van der Waals surface area contributed by atoms with Gasteiger partial charge in [0.25, 0.3) is 5.56 Å². The molecule has 112 valence electrons. The lowest BCUT2D eigenvalue weighted by Gasteiger charge is -2.10. The summed E-state index contributed by atoms with van der Waals surface area (Å²) in [5.41, 5.74) is 3.57. The van der Waals surface area contributed by atoms with Crippen LogP contribution in [0.15, 0.2) is 23.3 Å². The summed E-state index contributed by atoms with van der Waals surface area (Å²) in [6, 6.07) is 3.65. The summed E-state index contributed by atoms with van der Waals surface area (Å²) in [6.07, 6.45) is 1.43. The molecular formula is C15H15N5O2. The number of aryl methyl sites for hydroxylation is 3. The molecule has 0 spiro atoms. The van der Waals surface area contributed by atoms with Crippen molar-refractivity contribution < 1.29 is 4.74 Å². The Kier molecular flexibility index (Phi) is 3.32. The first-order valence-electron chi connectivity index (χ1n) is 6.73. The Morgan fingerprint density at radius 2 is 1.86 bits per heavy atom. The molecule has 0 aliphatic rings. The van der Waals surface area contributed by atoms with Crippen LogP contribution in [0, 0.1) is 13.8 Å². The first-order chi connectivity index (χ1) is 10.5. The van der Waals surface area contributed by atoms with Gasteiger partial charge in [-0.25, -0.2) is 19.9 Å². The summed E-state index contributed by atoms with van der Waals surface area (Å²) in [4.78, 5) is 29.2. The van der Waals surface area contributed by atoms with Gasteiger partial charge in [-0.3, -0.25) is 9.36 Å². The minimum absolute atomic E-state index is 0.165. The van der Waals surface area contributed by atoms with Gasteiger partial charge in [0, 0.05) is 18.7 Å². The highest BCUT2D eigenvalue weighted by atomic mass is 16.5. The number of fused-ring (bicyclic) bond motifs is 1. The molecule has 3 rings (SSSR count). The number of ether oxygens (including phenoxy) is 1. The molecule has 0 N–H and O–H groups in total. The number of pyridine rings is 1. The second-order valence-corrected chi connectivity index (χ2v) is 4.94. The number of aromatic nitrogens is 5. The highest BCUT2D eigenvalue weighted by molar-refractivity contribution is 5.87. The average Bonchev–Trinajstić information content (AvgIpc) is 2.52. The highest BCUT2D eigenvalue weighted by Crippen LogP contribution is 2.26. The van der Waals surface area contributed by atoms with Crippen molar-refractivity contribution in [3.05, 3.63) is 40.2 Å². The zero-order valence-electron chi connectivity index (χ0n) is 12.8. The van der Waals surface area contributed by atoms with E-state index in [1.54, 1.807) is 27.1 Å². The molecule has 7 nitrogen and oxygen atoms in total. The maximum absolute atomic E-state index is 12.0. The van der Waals surface area contributed by atoms with Gasteiger partial charge in [-0.2, -0.15) is 0 Å². The van der Waals surface area contributed by atoms with Crippen LogP contribution in [0.2, 0.25) is 0 Å². The Labute approximate surface area is 126 Å². The predicted octanol–water partition coefficient (Wildman–Crippen LogP) is 1.41. The largest absolute Gasteiger partial charge is 0.481 e.